The molecule has 30 heavy (non-hydrogen) atoms. The molecule has 2 heterocycles. The van der Waals surface area contributed by atoms with Gasteiger partial charge < -0.3 is 24.9 Å². The van der Waals surface area contributed by atoms with Crippen LogP contribution in [-0.2, 0) is 4.79 Å². The maximum absolute atomic E-state index is 12.0. The Hall–Kier alpha value is -2.48. The van der Waals surface area contributed by atoms with E-state index >= 15 is 0 Å². The van der Waals surface area contributed by atoms with E-state index in [1.54, 1.807) is 0 Å². The van der Waals surface area contributed by atoms with Crippen LogP contribution in [0.1, 0.15) is 0 Å². The van der Waals surface area contributed by atoms with Gasteiger partial charge in [0.2, 0.25) is 0 Å². The number of likely N-dealkylation sites (N-methyl/N-ethyl adjacent to an activating group) is 1. The summed E-state index contributed by atoms with van der Waals surface area (Å²) >= 11 is 9.88. The van der Waals surface area contributed by atoms with Gasteiger partial charge >= 0.3 is 0 Å². The average Bonchev–Trinajstić information content (AvgIpc) is 3.28. The minimum absolute atomic E-state index is 0.0802. The average molecular weight is 490 g/mol. The van der Waals surface area contributed by atoms with Gasteiger partial charge in [-0.3, -0.25) is 4.79 Å². The molecule has 0 aliphatic carbocycles. The highest BCUT2D eigenvalue weighted by atomic mass is 79.9. The number of rotatable bonds is 7. The van der Waals surface area contributed by atoms with Crippen LogP contribution in [0, 0.1) is 0 Å². The Labute approximate surface area is 187 Å². The van der Waals surface area contributed by atoms with Gasteiger partial charge in [0.1, 0.15) is 5.75 Å². The first-order valence-electron chi connectivity index (χ1n) is 9.54. The summed E-state index contributed by atoms with van der Waals surface area (Å²) in [5.41, 5.74) is 3.88. The molecule has 0 bridgehead atoms. The Morgan fingerprint density at radius 3 is 2.50 bits per heavy atom. The minimum Gasteiger partial charge on any atom is -0.482 e. The first kappa shape index (κ1) is 20.8. The van der Waals surface area contributed by atoms with Crippen LogP contribution >= 0.6 is 27.5 Å². The summed E-state index contributed by atoms with van der Waals surface area (Å²) in [6, 6.07) is 13.9. The molecule has 4 aromatic rings. The van der Waals surface area contributed by atoms with Crippen molar-refractivity contribution in [1.82, 2.24) is 20.2 Å². The third-order valence-corrected chi connectivity index (χ3v) is 5.58. The lowest BCUT2D eigenvalue weighted by atomic mass is 10.2. The Morgan fingerprint density at radius 1 is 1.07 bits per heavy atom. The number of fused-ring (bicyclic) bond motifs is 2. The Kier molecular flexibility index (Phi) is 6.04. The lowest BCUT2D eigenvalue weighted by molar-refractivity contribution is -0.123. The molecule has 2 aromatic carbocycles. The Balaban J connectivity index is 1.51. The molecule has 0 radical (unpaired) electrons. The third kappa shape index (κ3) is 4.64. The quantitative estimate of drug-likeness (QED) is 0.349. The van der Waals surface area contributed by atoms with Crippen LogP contribution in [0.15, 0.2) is 46.9 Å². The van der Waals surface area contributed by atoms with Crippen LogP contribution < -0.4 is 10.1 Å². The lowest BCUT2D eigenvalue weighted by Crippen LogP contribution is -2.34. The van der Waals surface area contributed by atoms with E-state index in [1.807, 2.05) is 49.3 Å². The van der Waals surface area contributed by atoms with Crippen LogP contribution in [0.3, 0.4) is 0 Å². The molecular formula is C22H22BrClN4O2. The van der Waals surface area contributed by atoms with Gasteiger partial charge in [0, 0.05) is 45.4 Å². The second kappa shape index (κ2) is 8.71. The van der Waals surface area contributed by atoms with Crippen molar-refractivity contribution in [2.24, 2.45) is 0 Å². The maximum atomic E-state index is 12.0. The number of hydrogen-bond donors (Lipinski definition) is 3. The molecule has 0 saturated carbocycles. The summed E-state index contributed by atoms with van der Waals surface area (Å²) in [5.74, 6) is 0.297. The van der Waals surface area contributed by atoms with E-state index in [1.165, 1.54) is 0 Å². The first-order chi connectivity index (χ1) is 14.4. The van der Waals surface area contributed by atoms with Gasteiger partial charge in [0.25, 0.3) is 5.91 Å². The van der Waals surface area contributed by atoms with Crippen molar-refractivity contribution in [2.45, 2.75) is 0 Å². The van der Waals surface area contributed by atoms with Gasteiger partial charge in [0.05, 0.1) is 16.4 Å². The highest BCUT2D eigenvalue weighted by molar-refractivity contribution is 9.10. The van der Waals surface area contributed by atoms with Crippen LogP contribution in [0.4, 0.5) is 0 Å². The highest BCUT2D eigenvalue weighted by Gasteiger charge is 2.12. The van der Waals surface area contributed by atoms with E-state index < -0.39 is 0 Å². The number of hydrogen-bond acceptors (Lipinski definition) is 3. The van der Waals surface area contributed by atoms with Crippen molar-refractivity contribution in [3.8, 4) is 17.1 Å². The Bertz CT molecular complexity index is 1210. The van der Waals surface area contributed by atoms with Crippen molar-refractivity contribution in [3.05, 3.63) is 52.0 Å². The fourth-order valence-corrected chi connectivity index (χ4v) is 3.83. The summed E-state index contributed by atoms with van der Waals surface area (Å²) < 4.78 is 6.68. The second-order valence-corrected chi connectivity index (χ2v) is 8.73. The number of carbonyl (C=O) groups is 1. The number of aromatic nitrogens is 2. The standard InChI is InChI=1S/C22H22BrClN4O2/c1-28(2)6-5-25-22(29)12-30-21-11-18-14(7-16(21)24)9-20(27-18)19-8-13-3-4-15(23)10-17(13)26-19/h3-4,7-11,26-27H,5-6,12H2,1-2H3,(H,25,29). The molecule has 8 heteroatoms. The summed E-state index contributed by atoms with van der Waals surface area (Å²) in [7, 11) is 3.91. The molecule has 2 aromatic heterocycles. The predicted molar refractivity (Wildman–Crippen MR) is 125 cm³/mol. The van der Waals surface area contributed by atoms with E-state index in [2.05, 4.69) is 43.3 Å². The number of nitrogens with one attached hydrogen (secondary N) is 3. The molecule has 4 rings (SSSR count). The van der Waals surface area contributed by atoms with Gasteiger partial charge in [0.15, 0.2) is 6.61 Å². The van der Waals surface area contributed by atoms with Crippen molar-refractivity contribution >= 4 is 55.2 Å². The van der Waals surface area contributed by atoms with Crippen LogP contribution in [0.5, 0.6) is 5.75 Å². The normalized spacial score (nSPS) is 11.5. The number of amides is 1. The van der Waals surface area contributed by atoms with Gasteiger partial charge in [-0.15, -0.1) is 0 Å². The topological polar surface area (TPSA) is 73.2 Å². The number of nitrogens with zero attached hydrogens (tertiary/aromatic N) is 1. The molecule has 1 amide bonds. The molecule has 0 aliphatic heterocycles. The summed E-state index contributed by atoms with van der Waals surface area (Å²) in [5, 5.41) is 5.39. The van der Waals surface area contributed by atoms with E-state index in [9.17, 15) is 4.79 Å². The number of benzene rings is 2. The zero-order valence-corrected chi connectivity index (χ0v) is 19.0. The van der Waals surface area contributed by atoms with Crippen LogP contribution in [0.2, 0.25) is 5.02 Å². The molecule has 0 fully saturated rings. The smallest absolute Gasteiger partial charge is 0.257 e. The van der Waals surface area contributed by atoms with Crippen molar-refractivity contribution in [2.75, 3.05) is 33.8 Å². The lowest BCUT2D eigenvalue weighted by Gasteiger charge is -2.11. The molecule has 0 unspecified atom stereocenters. The highest BCUT2D eigenvalue weighted by Crippen LogP contribution is 2.33. The molecular weight excluding hydrogens is 468 g/mol. The van der Waals surface area contributed by atoms with E-state index in [0.29, 0.717) is 17.3 Å². The van der Waals surface area contributed by atoms with Gasteiger partial charge in [-0.1, -0.05) is 33.6 Å². The van der Waals surface area contributed by atoms with E-state index in [4.69, 9.17) is 16.3 Å². The first-order valence-corrected chi connectivity index (χ1v) is 10.7. The summed E-state index contributed by atoms with van der Waals surface area (Å²) in [6.45, 7) is 1.26. The fourth-order valence-electron chi connectivity index (χ4n) is 3.25. The number of carbonyl (C=O) groups excluding carboxylic acids is 1. The maximum Gasteiger partial charge on any atom is 0.257 e. The summed E-state index contributed by atoms with van der Waals surface area (Å²) in [4.78, 5) is 20.8. The molecule has 0 saturated heterocycles. The molecule has 156 valence electrons. The largest absolute Gasteiger partial charge is 0.482 e. The van der Waals surface area contributed by atoms with Crippen molar-refractivity contribution in [3.63, 3.8) is 0 Å². The molecule has 0 aliphatic rings. The molecule has 0 spiro atoms. The number of H-pyrrole nitrogens is 2. The summed E-state index contributed by atoms with van der Waals surface area (Å²) in [6.07, 6.45) is 0. The van der Waals surface area contributed by atoms with E-state index in [0.717, 1.165) is 44.2 Å². The minimum atomic E-state index is -0.176. The zero-order chi connectivity index (χ0) is 21.3. The van der Waals surface area contributed by atoms with Gasteiger partial charge in [-0.25, -0.2) is 0 Å². The number of halogens is 2. The van der Waals surface area contributed by atoms with Gasteiger partial charge in [-0.05, 0) is 44.4 Å². The van der Waals surface area contributed by atoms with E-state index in [-0.39, 0.29) is 12.5 Å². The second-order valence-electron chi connectivity index (χ2n) is 7.41. The van der Waals surface area contributed by atoms with Crippen molar-refractivity contribution < 1.29 is 9.53 Å². The third-order valence-electron chi connectivity index (χ3n) is 4.79. The number of aromatic amines is 2. The fraction of sp³-hybridized carbons (Fsp3) is 0.227. The SMILES string of the molecule is CN(C)CCNC(=O)COc1cc2[nH]c(-c3cc4ccc(Br)cc4[nH]3)cc2cc1Cl. The molecule has 3 N–H and O–H groups in total. The van der Waals surface area contributed by atoms with Gasteiger partial charge in [-0.2, -0.15) is 0 Å². The predicted octanol–water partition coefficient (Wildman–Crippen LogP) is 4.79. The molecule has 0 atom stereocenters. The van der Waals surface area contributed by atoms with Crippen molar-refractivity contribution in [1.29, 1.82) is 0 Å². The zero-order valence-electron chi connectivity index (χ0n) is 16.7. The molecule has 6 nitrogen and oxygen atoms in total. The van der Waals surface area contributed by atoms with Crippen LogP contribution in [-0.4, -0.2) is 54.6 Å². The van der Waals surface area contributed by atoms with Crippen LogP contribution in [0.25, 0.3) is 33.2 Å². The Morgan fingerprint density at radius 2 is 1.77 bits per heavy atom. The monoisotopic (exact) mass is 488 g/mol. The number of ether oxygens (including phenoxy) is 1.